The lowest BCUT2D eigenvalue weighted by molar-refractivity contribution is 0.0421. The van der Waals surface area contributed by atoms with Gasteiger partial charge in [-0.1, -0.05) is 35.5 Å². The maximum absolute atomic E-state index is 12.4. The molecule has 0 spiro atoms. The Morgan fingerprint density at radius 3 is 2.72 bits per heavy atom. The summed E-state index contributed by atoms with van der Waals surface area (Å²) in [5.41, 5.74) is 2.06. The Balaban J connectivity index is 1.44. The first-order valence-electron chi connectivity index (χ1n) is 8.77. The molecule has 4 aromatic rings. The van der Waals surface area contributed by atoms with Crippen molar-refractivity contribution in [3.05, 3.63) is 71.9 Å². The van der Waals surface area contributed by atoms with Gasteiger partial charge in [-0.15, -0.1) is 5.10 Å². The predicted octanol–water partition coefficient (Wildman–Crippen LogP) is 2.99. The van der Waals surface area contributed by atoms with Crippen molar-refractivity contribution in [2.45, 2.75) is 13.5 Å². The number of hydrogen-bond acceptors (Lipinski definition) is 8. The molecule has 0 aliphatic heterocycles. The molecule has 29 heavy (non-hydrogen) atoms. The summed E-state index contributed by atoms with van der Waals surface area (Å²) >= 11 is 0. The largest absolute Gasteiger partial charge is 0.497 e. The number of methoxy groups -OCH3 is 1. The van der Waals surface area contributed by atoms with Gasteiger partial charge < -0.3 is 14.0 Å². The third kappa shape index (κ3) is 3.98. The van der Waals surface area contributed by atoms with E-state index in [0.717, 1.165) is 11.3 Å². The van der Waals surface area contributed by atoms with Gasteiger partial charge in [0, 0.05) is 5.56 Å². The number of ether oxygens (including phenoxy) is 2. The molecule has 0 fully saturated rings. The zero-order valence-corrected chi connectivity index (χ0v) is 15.8. The fraction of sp³-hybridized carbons (Fsp3) is 0.150. The Morgan fingerprint density at radius 1 is 1.10 bits per heavy atom. The lowest BCUT2D eigenvalue weighted by Crippen LogP contribution is -2.08. The van der Waals surface area contributed by atoms with Crippen molar-refractivity contribution in [2.24, 2.45) is 0 Å². The Labute approximate surface area is 165 Å². The molecule has 2 heterocycles. The highest BCUT2D eigenvalue weighted by Crippen LogP contribution is 2.21. The molecular weight excluding hydrogens is 374 g/mol. The predicted molar refractivity (Wildman–Crippen MR) is 102 cm³/mol. The number of hydrogen-bond donors (Lipinski definition) is 0. The van der Waals surface area contributed by atoms with Crippen molar-refractivity contribution in [3.63, 3.8) is 0 Å². The number of benzene rings is 2. The minimum atomic E-state index is -0.620. The number of aromatic nitrogens is 5. The van der Waals surface area contributed by atoms with Crippen LogP contribution in [0.2, 0.25) is 0 Å². The number of para-hydroxylation sites is 1. The van der Waals surface area contributed by atoms with Crippen molar-refractivity contribution >= 4 is 5.97 Å². The van der Waals surface area contributed by atoms with Gasteiger partial charge in [-0.05, 0) is 31.2 Å². The van der Waals surface area contributed by atoms with Crippen LogP contribution in [0.25, 0.3) is 17.1 Å². The molecule has 0 bridgehead atoms. The third-order valence-electron chi connectivity index (χ3n) is 4.09. The van der Waals surface area contributed by atoms with Gasteiger partial charge in [-0.25, -0.2) is 4.79 Å². The maximum atomic E-state index is 12.4. The van der Waals surface area contributed by atoms with Crippen molar-refractivity contribution in [1.29, 1.82) is 0 Å². The molecule has 0 unspecified atom stereocenters. The standard InChI is InChI=1S/C20H17N5O4/c1-13-18(23-25(22-13)15-8-4-3-5-9-15)20(26)28-12-17-21-19(24-29-17)14-7-6-10-16(11-14)27-2/h3-11H,12H2,1-2H3. The van der Waals surface area contributed by atoms with Gasteiger partial charge in [0.1, 0.15) is 5.75 Å². The number of carbonyl (C=O) groups excluding carboxylic acids is 1. The van der Waals surface area contributed by atoms with E-state index in [1.807, 2.05) is 48.5 Å². The minimum absolute atomic E-state index is 0.126. The second-order valence-corrected chi connectivity index (χ2v) is 6.08. The molecule has 0 amide bonds. The van der Waals surface area contributed by atoms with Crippen LogP contribution in [0.5, 0.6) is 5.75 Å². The first-order valence-corrected chi connectivity index (χ1v) is 8.77. The van der Waals surface area contributed by atoms with E-state index in [2.05, 4.69) is 20.3 Å². The summed E-state index contributed by atoms with van der Waals surface area (Å²) in [4.78, 5) is 18.0. The first kappa shape index (κ1) is 18.4. The van der Waals surface area contributed by atoms with E-state index in [1.54, 1.807) is 20.1 Å². The lowest BCUT2D eigenvalue weighted by atomic mass is 10.2. The van der Waals surface area contributed by atoms with Crippen LogP contribution in [0.15, 0.2) is 59.1 Å². The van der Waals surface area contributed by atoms with Crippen molar-refractivity contribution in [2.75, 3.05) is 7.11 Å². The van der Waals surface area contributed by atoms with Crippen LogP contribution in [0, 0.1) is 6.92 Å². The van der Waals surface area contributed by atoms with E-state index >= 15 is 0 Å². The minimum Gasteiger partial charge on any atom is -0.497 e. The van der Waals surface area contributed by atoms with Gasteiger partial charge in [-0.3, -0.25) is 0 Å². The summed E-state index contributed by atoms with van der Waals surface area (Å²) in [6, 6.07) is 16.5. The molecule has 0 atom stereocenters. The Bertz CT molecular complexity index is 1140. The molecule has 9 nitrogen and oxygen atoms in total. The molecule has 9 heteroatoms. The molecule has 4 rings (SSSR count). The van der Waals surface area contributed by atoms with Crippen molar-refractivity contribution in [3.8, 4) is 22.8 Å². The summed E-state index contributed by atoms with van der Waals surface area (Å²) in [5, 5.41) is 12.4. The number of rotatable bonds is 6. The highest BCUT2D eigenvalue weighted by molar-refractivity contribution is 5.88. The summed E-state index contributed by atoms with van der Waals surface area (Å²) in [6.07, 6.45) is 0. The van der Waals surface area contributed by atoms with E-state index < -0.39 is 5.97 Å². The monoisotopic (exact) mass is 391 g/mol. The van der Waals surface area contributed by atoms with Crippen LogP contribution >= 0.6 is 0 Å². The van der Waals surface area contributed by atoms with E-state index in [4.69, 9.17) is 14.0 Å². The molecule has 146 valence electrons. The third-order valence-corrected chi connectivity index (χ3v) is 4.09. The fourth-order valence-electron chi connectivity index (χ4n) is 2.63. The smallest absolute Gasteiger partial charge is 0.361 e. The van der Waals surface area contributed by atoms with Crippen LogP contribution < -0.4 is 4.74 Å². The van der Waals surface area contributed by atoms with Crippen molar-refractivity contribution < 1.29 is 18.8 Å². The highest BCUT2D eigenvalue weighted by atomic mass is 16.6. The second kappa shape index (κ2) is 7.93. The Kier molecular flexibility index (Phi) is 5.02. The Hall–Kier alpha value is -4.01. The number of aryl methyl sites for hydroxylation is 1. The van der Waals surface area contributed by atoms with E-state index in [9.17, 15) is 4.79 Å². The quantitative estimate of drug-likeness (QED) is 0.462. The summed E-state index contributed by atoms with van der Waals surface area (Å²) in [6.45, 7) is 1.52. The molecule has 0 radical (unpaired) electrons. The number of esters is 1. The van der Waals surface area contributed by atoms with Crippen molar-refractivity contribution in [1.82, 2.24) is 25.1 Å². The van der Waals surface area contributed by atoms with E-state index in [-0.39, 0.29) is 18.2 Å². The maximum Gasteiger partial charge on any atom is 0.361 e. The first-order chi connectivity index (χ1) is 14.1. The number of nitrogens with zero attached hydrogens (tertiary/aromatic N) is 5. The van der Waals surface area contributed by atoms with E-state index in [0.29, 0.717) is 17.3 Å². The number of carbonyl (C=O) groups is 1. The molecular formula is C20H17N5O4. The molecule has 0 N–H and O–H groups in total. The molecule has 0 saturated heterocycles. The molecule has 0 aliphatic carbocycles. The van der Waals surface area contributed by atoms with Gasteiger partial charge in [-0.2, -0.15) is 14.9 Å². The second-order valence-electron chi connectivity index (χ2n) is 6.08. The molecule has 2 aromatic carbocycles. The molecule has 2 aromatic heterocycles. The van der Waals surface area contributed by atoms with E-state index in [1.165, 1.54) is 4.80 Å². The van der Waals surface area contributed by atoms with Crippen LogP contribution in [0.1, 0.15) is 22.1 Å². The zero-order valence-electron chi connectivity index (χ0n) is 15.8. The molecule has 0 aliphatic rings. The average Bonchev–Trinajstić information content (AvgIpc) is 3.39. The lowest BCUT2D eigenvalue weighted by Gasteiger charge is -2.00. The van der Waals surface area contributed by atoms with Gasteiger partial charge in [0.25, 0.3) is 5.89 Å². The fourth-order valence-corrected chi connectivity index (χ4v) is 2.63. The summed E-state index contributed by atoms with van der Waals surface area (Å²) in [7, 11) is 1.58. The average molecular weight is 391 g/mol. The van der Waals surface area contributed by atoms with Gasteiger partial charge in [0.2, 0.25) is 5.82 Å². The van der Waals surface area contributed by atoms with Crippen LogP contribution in [-0.4, -0.2) is 38.2 Å². The normalized spacial score (nSPS) is 10.7. The topological polar surface area (TPSA) is 105 Å². The van der Waals surface area contributed by atoms with Gasteiger partial charge in [0.05, 0.1) is 18.5 Å². The van der Waals surface area contributed by atoms with Crippen LogP contribution in [0.4, 0.5) is 0 Å². The Morgan fingerprint density at radius 2 is 1.93 bits per heavy atom. The van der Waals surface area contributed by atoms with Crippen LogP contribution in [-0.2, 0) is 11.3 Å². The SMILES string of the molecule is COc1cccc(-c2noc(COC(=O)c3nn(-c4ccccc4)nc3C)n2)c1. The highest BCUT2D eigenvalue weighted by Gasteiger charge is 2.19. The van der Waals surface area contributed by atoms with Gasteiger partial charge in [0.15, 0.2) is 12.3 Å². The summed E-state index contributed by atoms with van der Waals surface area (Å²) < 4.78 is 15.6. The van der Waals surface area contributed by atoms with Crippen LogP contribution in [0.3, 0.4) is 0 Å². The van der Waals surface area contributed by atoms with Gasteiger partial charge >= 0.3 is 5.97 Å². The zero-order chi connectivity index (χ0) is 20.2. The summed E-state index contributed by atoms with van der Waals surface area (Å²) in [5.74, 6) is 0.605. The molecule has 0 saturated carbocycles.